The lowest BCUT2D eigenvalue weighted by atomic mass is 10.0. The molecule has 0 aliphatic rings. The molecule has 21 heavy (non-hydrogen) atoms. The van der Waals surface area contributed by atoms with Crippen LogP contribution in [0, 0.1) is 5.41 Å². The zero-order valence-electron chi connectivity index (χ0n) is 13.3. The number of nitrogens with zero attached hydrogens (tertiary/aromatic N) is 1. The minimum Gasteiger partial charge on any atom is -0.497 e. The highest BCUT2D eigenvalue weighted by atomic mass is 32.2. The lowest BCUT2D eigenvalue weighted by Crippen LogP contribution is -2.38. The average molecular weight is 314 g/mol. The Labute approximate surface area is 128 Å². The van der Waals surface area contributed by atoms with Gasteiger partial charge in [-0.25, -0.2) is 8.42 Å². The van der Waals surface area contributed by atoms with E-state index in [1.165, 1.54) is 4.31 Å². The van der Waals surface area contributed by atoms with Crippen LogP contribution in [0.3, 0.4) is 0 Å². The van der Waals surface area contributed by atoms with E-state index in [1.54, 1.807) is 31.4 Å². The summed E-state index contributed by atoms with van der Waals surface area (Å²) in [5, 5.41) is 0. The van der Waals surface area contributed by atoms with Gasteiger partial charge in [-0.05, 0) is 30.5 Å². The normalized spacial score (nSPS) is 12.2. The zero-order chi connectivity index (χ0) is 16.1. The third-order valence-electron chi connectivity index (χ3n) is 2.86. The molecule has 0 aliphatic carbocycles. The molecular formula is C15H26N2O3S. The number of nitrogens with two attached hydrogens (primary N) is 1. The van der Waals surface area contributed by atoms with E-state index in [-0.39, 0.29) is 11.2 Å². The predicted octanol–water partition coefficient (Wildman–Crippen LogP) is 2.23. The van der Waals surface area contributed by atoms with Gasteiger partial charge in [0.2, 0.25) is 10.0 Å². The Hall–Kier alpha value is -1.27. The SMILES string of the molecule is COc1cccc(N(CCCN)S(=O)(=O)CC(C)(C)C)c1. The van der Waals surface area contributed by atoms with Crippen molar-refractivity contribution in [2.75, 3.05) is 30.3 Å². The van der Waals surface area contributed by atoms with Gasteiger partial charge in [-0.15, -0.1) is 0 Å². The molecule has 0 unspecified atom stereocenters. The third-order valence-corrected chi connectivity index (χ3v) is 5.15. The monoisotopic (exact) mass is 314 g/mol. The second kappa shape index (κ2) is 7.13. The van der Waals surface area contributed by atoms with E-state index in [0.717, 1.165) is 0 Å². The summed E-state index contributed by atoms with van der Waals surface area (Å²) in [5.41, 5.74) is 5.85. The molecule has 0 spiro atoms. The first-order chi connectivity index (χ1) is 9.69. The van der Waals surface area contributed by atoms with Crippen molar-refractivity contribution in [3.8, 4) is 5.75 Å². The van der Waals surface area contributed by atoms with Crippen LogP contribution in [0.2, 0.25) is 0 Å². The zero-order valence-corrected chi connectivity index (χ0v) is 14.1. The maximum atomic E-state index is 12.7. The second-order valence-electron chi connectivity index (χ2n) is 6.23. The van der Waals surface area contributed by atoms with Crippen molar-refractivity contribution in [2.45, 2.75) is 27.2 Å². The summed E-state index contributed by atoms with van der Waals surface area (Å²) in [7, 11) is -1.85. The molecule has 0 fully saturated rings. The maximum absolute atomic E-state index is 12.7. The summed E-state index contributed by atoms with van der Waals surface area (Å²) < 4.78 is 32.0. The van der Waals surface area contributed by atoms with Crippen LogP contribution >= 0.6 is 0 Å². The Kier molecular flexibility index (Phi) is 6.04. The third kappa shape index (κ3) is 5.55. The Bertz CT molecular complexity index is 550. The molecular weight excluding hydrogens is 288 g/mol. The number of ether oxygens (including phenoxy) is 1. The van der Waals surface area contributed by atoms with Crippen LogP contribution in [0.1, 0.15) is 27.2 Å². The molecule has 0 aromatic heterocycles. The van der Waals surface area contributed by atoms with Gasteiger partial charge in [0.25, 0.3) is 0 Å². The van der Waals surface area contributed by atoms with Crippen LogP contribution in [0.5, 0.6) is 5.75 Å². The highest BCUT2D eigenvalue weighted by Crippen LogP contribution is 2.27. The molecule has 0 bridgehead atoms. The quantitative estimate of drug-likeness (QED) is 0.837. The van der Waals surface area contributed by atoms with Crippen LogP contribution in [-0.4, -0.2) is 34.4 Å². The topological polar surface area (TPSA) is 72.6 Å². The average Bonchev–Trinajstić information content (AvgIpc) is 2.36. The summed E-state index contributed by atoms with van der Waals surface area (Å²) in [4.78, 5) is 0. The summed E-state index contributed by atoms with van der Waals surface area (Å²) in [6, 6.07) is 7.09. The van der Waals surface area contributed by atoms with Crippen molar-refractivity contribution >= 4 is 15.7 Å². The van der Waals surface area contributed by atoms with E-state index in [4.69, 9.17) is 10.5 Å². The van der Waals surface area contributed by atoms with Gasteiger partial charge >= 0.3 is 0 Å². The van der Waals surface area contributed by atoms with E-state index in [0.29, 0.717) is 30.9 Å². The molecule has 5 nitrogen and oxygen atoms in total. The fraction of sp³-hybridized carbons (Fsp3) is 0.600. The van der Waals surface area contributed by atoms with E-state index in [2.05, 4.69) is 0 Å². The van der Waals surface area contributed by atoms with Gasteiger partial charge in [0.15, 0.2) is 0 Å². The molecule has 1 rings (SSSR count). The Balaban J connectivity index is 3.15. The van der Waals surface area contributed by atoms with Crippen molar-refractivity contribution in [3.63, 3.8) is 0 Å². The summed E-state index contributed by atoms with van der Waals surface area (Å²) >= 11 is 0. The van der Waals surface area contributed by atoms with Crippen molar-refractivity contribution in [3.05, 3.63) is 24.3 Å². The van der Waals surface area contributed by atoms with Crippen molar-refractivity contribution in [1.82, 2.24) is 0 Å². The number of benzene rings is 1. The molecule has 0 saturated heterocycles. The predicted molar refractivity (Wildman–Crippen MR) is 87.3 cm³/mol. The summed E-state index contributed by atoms with van der Waals surface area (Å²) in [6.45, 7) is 6.57. The minimum atomic E-state index is -3.41. The van der Waals surface area contributed by atoms with Gasteiger partial charge < -0.3 is 10.5 Å². The molecule has 0 heterocycles. The molecule has 1 aromatic carbocycles. The highest BCUT2D eigenvalue weighted by molar-refractivity contribution is 7.92. The van der Waals surface area contributed by atoms with E-state index >= 15 is 0 Å². The number of methoxy groups -OCH3 is 1. The smallest absolute Gasteiger partial charge is 0.235 e. The van der Waals surface area contributed by atoms with Crippen LogP contribution in [0.15, 0.2) is 24.3 Å². The van der Waals surface area contributed by atoms with Gasteiger partial charge in [-0.2, -0.15) is 0 Å². The van der Waals surface area contributed by atoms with E-state index in [9.17, 15) is 8.42 Å². The molecule has 1 aromatic rings. The Morgan fingerprint density at radius 3 is 2.48 bits per heavy atom. The first-order valence-electron chi connectivity index (χ1n) is 7.04. The number of hydrogen-bond donors (Lipinski definition) is 1. The van der Waals surface area contributed by atoms with Gasteiger partial charge in [-0.1, -0.05) is 26.8 Å². The molecule has 0 saturated carbocycles. The fourth-order valence-corrected chi connectivity index (χ4v) is 4.15. The minimum absolute atomic E-state index is 0.0851. The van der Waals surface area contributed by atoms with Gasteiger partial charge in [0.1, 0.15) is 5.75 Å². The van der Waals surface area contributed by atoms with Crippen LogP contribution in [0.25, 0.3) is 0 Å². The summed E-state index contributed by atoms with van der Waals surface area (Å²) in [5.74, 6) is 0.720. The lowest BCUT2D eigenvalue weighted by molar-refractivity contribution is 0.415. The second-order valence-corrected chi connectivity index (χ2v) is 8.13. The number of anilines is 1. The van der Waals surface area contributed by atoms with Gasteiger partial charge in [0.05, 0.1) is 18.6 Å². The van der Waals surface area contributed by atoms with E-state index < -0.39 is 10.0 Å². The molecule has 120 valence electrons. The largest absolute Gasteiger partial charge is 0.497 e. The number of rotatable bonds is 7. The number of sulfonamides is 1. The maximum Gasteiger partial charge on any atom is 0.235 e. The molecule has 2 N–H and O–H groups in total. The van der Waals surface area contributed by atoms with Gasteiger partial charge in [0, 0.05) is 12.6 Å². The summed E-state index contributed by atoms with van der Waals surface area (Å²) in [6.07, 6.45) is 0.612. The molecule has 0 atom stereocenters. The van der Waals surface area contributed by atoms with Crippen molar-refractivity contribution in [2.24, 2.45) is 11.1 Å². The van der Waals surface area contributed by atoms with E-state index in [1.807, 2.05) is 20.8 Å². The number of hydrogen-bond acceptors (Lipinski definition) is 4. The van der Waals surface area contributed by atoms with Crippen molar-refractivity contribution in [1.29, 1.82) is 0 Å². The standard InChI is InChI=1S/C15H26N2O3S/c1-15(2,3)12-21(18,19)17(10-6-9-16)13-7-5-8-14(11-13)20-4/h5,7-8,11H,6,9-10,12,16H2,1-4H3. The Morgan fingerprint density at radius 2 is 1.95 bits per heavy atom. The lowest BCUT2D eigenvalue weighted by Gasteiger charge is -2.28. The van der Waals surface area contributed by atoms with Gasteiger partial charge in [-0.3, -0.25) is 4.31 Å². The first kappa shape index (κ1) is 17.8. The first-order valence-corrected chi connectivity index (χ1v) is 8.65. The molecule has 0 aliphatic heterocycles. The van der Waals surface area contributed by atoms with Crippen LogP contribution in [0.4, 0.5) is 5.69 Å². The molecule has 6 heteroatoms. The fourth-order valence-electron chi connectivity index (χ4n) is 2.05. The molecule has 0 amide bonds. The Morgan fingerprint density at radius 1 is 1.29 bits per heavy atom. The molecule has 0 radical (unpaired) electrons. The van der Waals surface area contributed by atoms with Crippen molar-refractivity contribution < 1.29 is 13.2 Å². The van der Waals surface area contributed by atoms with Crippen LogP contribution in [-0.2, 0) is 10.0 Å². The van der Waals surface area contributed by atoms with Crippen LogP contribution < -0.4 is 14.8 Å². The highest BCUT2D eigenvalue weighted by Gasteiger charge is 2.28.